The van der Waals surface area contributed by atoms with E-state index in [1.807, 2.05) is 27.7 Å². The maximum absolute atomic E-state index is 12.0. The number of rotatable bonds is 2. The normalized spacial score (nSPS) is 18.5. The Morgan fingerprint density at radius 1 is 1.36 bits per heavy atom. The van der Waals surface area contributed by atoms with Crippen molar-refractivity contribution in [3.63, 3.8) is 0 Å². The molecule has 1 heterocycles. The zero-order chi connectivity index (χ0) is 16.5. The molecule has 1 aromatic carbocycles. The summed E-state index contributed by atoms with van der Waals surface area (Å²) in [5.41, 5.74) is 1.00. The number of phenolic OH excluding ortho intramolecular Hbond substituents is 1. The van der Waals surface area contributed by atoms with Crippen LogP contribution in [0.2, 0.25) is 0 Å². The minimum absolute atomic E-state index is 0.0222. The predicted molar refractivity (Wildman–Crippen MR) is 84.9 cm³/mol. The Bertz CT molecular complexity index is 593. The first-order valence-electron chi connectivity index (χ1n) is 7.34. The first-order chi connectivity index (χ1) is 10.2. The number of carbonyl (C=O) groups is 2. The molecule has 0 radical (unpaired) electrons. The number of nitrogens with one attached hydrogen (secondary N) is 2. The van der Waals surface area contributed by atoms with Gasteiger partial charge >= 0.3 is 6.03 Å². The molecular weight excluding hydrogens is 282 g/mol. The van der Waals surface area contributed by atoms with Crippen LogP contribution in [-0.2, 0) is 4.79 Å². The zero-order valence-electron chi connectivity index (χ0n) is 13.4. The lowest BCUT2D eigenvalue weighted by Crippen LogP contribution is -2.45. The molecule has 1 aliphatic rings. The molecule has 1 atom stereocenters. The number of hydrogen-bond donors (Lipinski definition) is 3. The SMILES string of the molecule is Cc1ccc(NC(=O)NC2CC(=O)N(C(C)(C)C)C2)c(O)c1. The summed E-state index contributed by atoms with van der Waals surface area (Å²) in [6.45, 7) is 8.26. The Morgan fingerprint density at radius 3 is 2.59 bits per heavy atom. The van der Waals surface area contributed by atoms with Gasteiger partial charge in [0.15, 0.2) is 0 Å². The van der Waals surface area contributed by atoms with Crippen molar-refractivity contribution in [1.82, 2.24) is 10.2 Å². The van der Waals surface area contributed by atoms with E-state index in [4.69, 9.17) is 0 Å². The van der Waals surface area contributed by atoms with E-state index < -0.39 is 6.03 Å². The quantitative estimate of drug-likeness (QED) is 0.733. The number of aryl methyl sites for hydroxylation is 1. The molecule has 0 aliphatic carbocycles. The van der Waals surface area contributed by atoms with E-state index in [2.05, 4.69) is 10.6 Å². The van der Waals surface area contributed by atoms with Crippen LogP contribution in [0.15, 0.2) is 18.2 Å². The van der Waals surface area contributed by atoms with Crippen molar-refractivity contribution in [2.24, 2.45) is 0 Å². The van der Waals surface area contributed by atoms with Crippen molar-refractivity contribution in [2.45, 2.75) is 45.7 Å². The Balaban J connectivity index is 1.94. The Hall–Kier alpha value is -2.24. The predicted octanol–water partition coefficient (Wildman–Crippen LogP) is 2.22. The van der Waals surface area contributed by atoms with Gasteiger partial charge in [0.25, 0.3) is 0 Å². The smallest absolute Gasteiger partial charge is 0.319 e. The number of aromatic hydroxyl groups is 1. The molecule has 120 valence electrons. The number of nitrogens with zero attached hydrogens (tertiary/aromatic N) is 1. The molecule has 3 amide bonds. The molecule has 0 spiro atoms. The highest BCUT2D eigenvalue weighted by atomic mass is 16.3. The number of phenols is 1. The molecule has 1 fully saturated rings. The first-order valence-corrected chi connectivity index (χ1v) is 7.34. The zero-order valence-corrected chi connectivity index (χ0v) is 13.4. The van der Waals surface area contributed by atoms with Gasteiger partial charge in [0.05, 0.1) is 11.7 Å². The molecule has 1 saturated heterocycles. The minimum atomic E-state index is -0.423. The number of urea groups is 1. The van der Waals surface area contributed by atoms with Crippen LogP contribution >= 0.6 is 0 Å². The molecule has 1 unspecified atom stereocenters. The van der Waals surface area contributed by atoms with Gasteiger partial charge in [0, 0.05) is 18.5 Å². The molecule has 6 nitrogen and oxygen atoms in total. The van der Waals surface area contributed by atoms with Crippen LogP contribution in [0.25, 0.3) is 0 Å². The highest BCUT2D eigenvalue weighted by molar-refractivity contribution is 5.92. The molecule has 0 saturated carbocycles. The Kier molecular flexibility index (Phi) is 4.30. The van der Waals surface area contributed by atoms with E-state index in [-0.39, 0.29) is 23.2 Å². The number of hydrogen-bond acceptors (Lipinski definition) is 3. The number of benzene rings is 1. The van der Waals surface area contributed by atoms with E-state index in [1.54, 1.807) is 23.1 Å². The summed E-state index contributed by atoms with van der Waals surface area (Å²) in [7, 11) is 0. The van der Waals surface area contributed by atoms with Gasteiger partial charge in [0.1, 0.15) is 5.75 Å². The van der Waals surface area contributed by atoms with Gasteiger partial charge in [-0.2, -0.15) is 0 Å². The standard InChI is InChI=1S/C16H23N3O3/c1-10-5-6-12(13(20)7-10)18-15(22)17-11-8-14(21)19(9-11)16(2,3)4/h5-7,11,20H,8-9H2,1-4H3,(H2,17,18,22). The van der Waals surface area contributed by atoms with E-state index in [9.17, 15) is 14.7 Å². The monoisotopic (exact) mass is 305 g/mol. The highest BCUT2D eigenvalue weighted by Crippen LogP contribution is 2.24. The van der Waals surface area contributed by atoms with Crippen molar-refractivity contribution in [3.05, 3.63) is 23.8 Å². The fourth-order valence-electron chi connectivity index (χ4n) is 2.54. The number of anilines is 1. The molecule has 0 aromatic heterocycles. The van der Waals surface area contributed by atoms with Crippen molar-refractivity contribution >= 4 is 17.6 Å². The van der Waals surface area contributed by atoms with Gasteiger partial charge < -0.3 is 20.6 Å². The summed E-state index contributed by atoms with van der Waals surface area (Å²) in [6, 6.07) is 4.38. The van der Waals surface area contributed by atoms with Crippen molar-refractivity contribution in [2.75, 3.05) is 11.9 Å². The van der Waals surface area contributed by atoms with Gasteiger partial charge in [-0.15, -0.1) is 0 Å². The summed E-state index contributed by atoms with van der Waals surface area (Å²) in [5.74, 6) is 0.0601. The van der Waals surface area contributed by atoms with Gasteiger partial charge in [0.2, 0.25) is 5.91 Å². The Labute approximate surface area is 130 Å². The van der Waals surface area contributed by atoms with Gasteiger partial charge in [-0.25, -0.2) is 4.79 Å². The van der Waals surface area contributed by atoms with Gasteiger partial charge in [-0.05, 0) is 45.4 Å². The summed E-state index contributed by atoms with van der Waals surface area (Å²) in [5, 5.41) is 15.2. The lowest BCUT2D eigenvalue weighted by atomic mass is 10.1. The van der Waals surface area contributed by atoms with E-state index in [1.165, 1.54) is 0 Å². The molecular formula is C16H23N3O3. The topological polar surface area (TPSA) is 81.7 Å². The second kappa shape index (κ2) is 5.87. The number of carbonyl (C=O) groups excluding carboxylic acids is 2. The largest absolute Gasteiger partial charge is 0.506 e. The molecule has 0 bridgehead atoms. The van der Waals surface area contributed by atoms with Crippen LogP contribution < -0.4 is 10.6 Å². The van der Waals surface area contributed by atoms with Crippen LogP contribution in [0.4, 0.5) is 10.5 Å². The fourth-order valence-corrected chi connectivity index (χ4v) is 2.54. The van der Waals surface area contributed by atoms with Crippen molar-refractivity contribution in [1.29, 1.82) is 0 Å². The van der Waals surface area contributed by atoms with Crippen LogP contribution in [0, 0.1) is 6.92 Å². The number of likely N-dealkylation sites (tertiary alicyclic amines) is 1. The van der Waals surface area contributed by atoms with E-state index >= 15 is 0 Å². The van der Waals surface area contributed by atoms with Crippen LogP contribution in [0.5, 0.6) is 5.75 Å². The van der Waals surface area contributed by atoms with Crippen LogP contribution in [0.1, 0.15) is 32.8 Å². The van der Waals surface area contributed by atoms with Gasteiger partial charge in [-0.3, -0.25) is 4.79 Å². The van der Waals surface area contributed by atoms with Crippen LogP contribution in [-0.4, -0.2) is 40.1 Å². The lowest BCUT2D eigenvalue weighted by molar-refractivity contribution is -0.131. The first kappa shape index (κ1) is 16.1. The average Bonchev–Trinajstić information content (AvgIpc) is 2.73. The molecule has 6 heteroatoms. The molecule has 2 rings (SSSR count). The summed E-state index contributed by atoms with van der Waals surface area (Å²) in [6.07, 6.45) is 0.296. The third-order valence-electron chi connectivity index (χ3n) is 3.67. The molecule has 22 heavy (non-hydrogen) atoms. The van der Waals surface area contributed by atoms with Crippen molar-refractivity contribution < 1.29 is 14.7 Å². The van der Waals surface area contributed by atoms with E-state index in [0.29, 0.717) is 18.7 Å². The third-order valence-corrected chi connectivity index (χ3v) is 3.67. The highest BCUT2D eigenvalue weighted by Gasteiger charge is 2.36. The van der Waals surface area contributed by atoms with Gasteiger partial charge in [-0.1, -0.05) is 6.07 Å². The van der Waals surface area contributed by atoms with Crippen LogP contribution in [0.3, 0.4) is 0 Å². The summed E-state index contributed by atoms with van der Waals surface area (Å²) in [4.78, 5) is 25.7. The van der Waals surface area contributed by atoms with Crippen molar-refractivity contribution in [3.8, 4) is 5.75 Å². The second-order valence-corrected chi connectivity index (χ2v) is 6.70. The molecule has 1 aliphatic heterocycles. The average molecular weight is 305 g/mol. The maximum atomic E-state index is 12.0. The summed E-state index contributed by atoms with van der Waals surface area (Å²) < 4.78 is 0. The molecule has 3 N–H and O–H groups in total. The lowest BCUT2D eigenvalue weighted by Gasteiger charge is -2.32. The van der Waals surface area contributed by atoms with E-state index in [0.717, 1.165) is 5.56 Å². The number of amides is 3. The minimum Gasteiger partial charge on any atom is -0.506 e. The Morgan fingerprint density at radius 2 is 2.05 bits per heavy atom. The third kappa shape index (κ3) is 3.69. The molecule has 1 aromatic rings. The summed E-state index contributed by atoms with van der Waals surface area (Å²) >= 11 is 0. The fraction of sp³-hybridized carbons (Fsp3) is 0.500. The second-order valence-electron chi connectivity index (χ2n) is 6.70. The maximum Gasteiger partial charge on any atom is 0.319 e.